The summed E-state index contributed by atoms with van der Waals surface area (Å²) in [6, 6.07) is 6.78. The minimum Gasteiger partial charge on any atom is -0.494 e. The molecule has 0 fully saturated rings. The fraction of sp³-hybridized carbons (Fsp3) is 0.312. The van der Waals surface area contributed by atoms with Crippen LogP contribution in [-0.2, 0) is 6.42 Å². The van der Waals surface area contributed by atoms with Crippen LogP contribution in [0.4, 0.5) is 4.39 Å². The predicted octanol–water partition coefficient (Wildman–Crippen LogP) is 3.45. The van der Waals surface area contributed by atoms with E-state index in [1.165, 1.54) is 13.2 Å². The molecule has 4 heteroatoms. The molecule has 0 amide bonds. The number of aryl methyl sites for hydroxylation is 1. The van der Waals surface area contributed by atoms with Crippen molar-refractivity contribution in [3.8, 4) is 11.4 Å². The Morgan fingerprint density at radius 2 is 2.05 bits per heavy atom. The lowest BCUT2D eigenvalue weighted by molar-refractivity contribution is 0.0972. The third-order valence-corrected chi connectivity index (χ3v) is 3.80. The van der Waals surface area contributed by atoms with Crippen molar-refractivity contribution >= 4 is 5.78 Å². The van der Waals surface area contributed by atoms with E-state index in [1.54, 1.807) is 6.07 Å². The molecule has 2 aromatic rings. The number of fused-ring (bicyclic) bond motifs is 1. The summed E-state index contributed by atoms with van der Waals surface area (Å²) in [7, 11) is 1.44. The number of hydrogen-bond donors (Lipinski definition) is 0. The third kappa shape index (κ3) is 1.92. The Morgan fingerprint density at radius 3 is 2.75 bits per heavy atom. The number of carbonyl (C=O) groups excluding carboxylic acids is 1. The van der Waals surface area contributed by atoms with Crippen molar-refractivity contribution in [3.05, 3.63) is 47.0 Å². The van der Waals surface area contributed by atoms with Crippen LogP contribution in [-0.4, -0.2) is 17.5 Å². The van der Waals surface area contributed by atoms with Crippen LogP contribution >= 0.6 is 0 Å². The summed E-state index contributed by atoms with van der Waals surface area (Å²) in [6.45, 7) is 1.94. The van der Waals surface area contributed by atoms with Crippen molar-refractivity contribution in [3.63, 3.8) is 0 Å². The van der Waals surface area contributed by atoms with Crippen LogP contribution in [0, 0.1) is 12.7 Å². The van der Waals surface area contributed by atoms with Gasteiger partial charge < -0.3 is 9.30 Å². The van der Waals surface area contributed by atoms with Crippen molar-refractivity contribution in [2.75, 3.05) is 7.11 Å². The van der Waals surface area contributed by atoms with Crippen molar-refractivity contribution < 1.29 is 13.9 Å². The van der Waals surface area contributed by atoms with E-state index in [9.17, 15) is 9.18 Å². The Kier molecular flexibility index (Phi) is 3.08. The largest absolute Gasteiger partial charge is 0.494 e. The van der Waals surface area contributed by atoms with E-state index in [0.717, 1.165) is 35.5 Å². The summed E-state index contributed by atoms with van der Waals surface area (Å²) in [4.78, 5) is 11.9. The number of methoxy groups -OCH3 is 1. The van der Waals surface area contributed by atoms with E-state index in [4.69, 9.17) is 4.74 Å². The highest BCUT2D eigenvalue weighted by Gasteiger charge is 2.23. The first-order valence-corrected chi connectivity index (χ1v) is 6.70. The summed E-state index contributed by atoms with van der Waals surface area (Å²) in [5.41, 5.74) is 3.46. The van der Waals surface area contributed by atoms with Gasteiger partial charge in [0, 0.05) is 35.1 Å². The zero-order valence-electron chi connectivity index (χ0n) is 11.6. The molecular formula is C16H16FNO2. The Labute approximate surface area is 117 Å². The molecule has 0 unspecified atom stereocenters. The molecule has 1 heterocycles. The van der Waals surface area contributed by atoms with Crippen molar-refractivity contribution in [2.24, 2.45) is 0 Å². The fourth-order valence-electron chi connectivity index (χ4n) is 2.88. The molecular weight excluding hydrogens is 257 g/mol. The summed E-state index contributed by atoms with van der Waals surface area (Å²) in [5.74, 6) is 0.0135. The summed E-state index contributed by atoms with van der Waals surface area (Å²) in [6.07, 6.45) is 2.31. The third-order valence-electron chi connectivity index (χ3n) is 3.80. The highest BCUT2D eigenvalue weighted by atomic mass is 19.1. The van der Waals surface area contributed by atoms with Gasteiger partial charge in [0.05, 0.1) is 7.11 Å². The molecule has 0 radical (unpaired) electrons. The maximum absolute atomic E-state index is 13.9. The van der Waals surface area contributed by atoms with Crippen LogP contribution in [0.2, 0.25) is 0 Å². The maximum Gasteiger partial charge on any atom is 0.167 e. The average Bonchev–Trinajstić information content (AvgIpc) is 2.76. The fourth-order valence-corrected chi connectivity index (χ4v) is 2.88. The number of hydrogen-bond acceptors (Lipinski definition) is 2. The first-order chi connectivity index (χ1) is 9.61. The summed E-state index contributed by atoms with van der Waals surface area (Å²) >= 11 is 0. The molecule has 1 aromatic heterocycles. The van der Waals surface area contributed by atoms with Crippen molar-refractivity contribution in [1.82, 2.24) is 4.57 Å². The molecule has 0 spiro atoms. The van der Waals surface area contributed by atoms with Gasteiger partial charge in [-0.1, -0.05) is 0 Å². The molecule has 3 nitrogen and oxygen atoms in total. The Bertz CT molecular complexity index is 688. The standard InChI is InChI=1S/C16H16FNO2/c1-10-8-12-14(4-3-5-15(12)19)18(10)11-6-7-16(20-2)13(17)9-11/h6-9H,3-5H2,1-2H3. The van der Waals surface area contributed by atoms with Crippen LogP contribution < -0.4 is 4.74 Å². The summed E-state index contributed by atoms with van der Waals surface area (Å²) < 4.78 is 20.8. The lowest BCUT2D eigenvalue weighted by atomic mass is 9.96. The second-order valence-corrected chi connectivity index (χ2v) is 5.08. The van der Waals surface area contributed by atoms with Gasteiger partial charge in [-0.3, -0.25) is 4.79 Å². The van der Waals surface area contributed by atoms with Crippen molar-refractivity contribution in [2.45, 2.75) is 26.2 Å². The maximum atomic E-state index is 13.9. The molecule has 0 saturated heterocycles. The van der Waals surface area contributed by atoms with E-state index < -0.39 is 5.82 Å². The molecule has 0 bridgehead atoms. The number of ketones is 1. The van der Waals surface area contributed by atoms with Crippen LogP contribution in [0.15, 0.2) is 24.3 Å². The number of halogens is 1. The minimum atomic E-state index is -0.394. The highest BCUT2D eigenvalue weighted by molar-refractivity contribution is 5.98. The SMILES string of the molecule is COc1ccc(-n2c(C)cc3c2CCCC3=O)cc1F. The topological polar surface area (TPSA) is 31.2 Å². The van der Waals surface area contributed by atoms with E-state index in [0.29, 0.717) is 6.42 Å². The first-order valence-electron chi connectivity index (χ1n) is 6.70. The molecule has 0 aliphatic heterocycles. The van der Waals surface area contributed by atoms with Gasteiger partial charge >= 0.3 is 0 Å². The van der Waals surface area contributed by atoms with Gasteiger partial charge in [-0.2, -0.15) is 0 Å². The van der Waals surface area contributed by atoms with E-state index >= 15 is 0 Å². The molecule has 1 aliphatic carbocycles. The normalized spacial score (nSPS) is 14.2. The van der Waals surface area contributed by atoms with Gasteiger partial charge in [-0.15, -0.1) is 0 Å². The first kappa shape index (κ1) is 12.9. The van der Waals surface area contributed by atoms with Crippen molar-refractivity contribution in [1.29, 1.82) is 0 Å². The number of nitrogens with zero attached hydrogens (tertiary/aromatic N) is 1. The number of Topliss-reactive ketones (excluding diaryl/α,β-unsaturated/α-hetero) is 1. The van der Waals surface area contributed by atoms with E-state index in [2.05, 4.69) is 0 Å². The number of carbonyl (C=O) groups is 1. The summed E-state index contributed by atoms with van der Waals surface area (Å²) in [5, 5.41) is 0. The van der Waals surface area contributed by atoms with Crippen LogP contribution in [0.3, 0.4) is 0 Å². The van der Waals surface area contributed by atoms with Gasteiger partial charge in [-0.05, 0) is 38.0 Å². The Hall–Kier alpha value is -2.10. The van der Waals surface area contributed by atoms with Crippen LogP contribution in [0.1, 0.15) is 34.6 Å². The van der Waals surface area contributed by atoms with E-state index in [-0.39, 0.29) is 11.5 Å². The monoisotopic (exact) mass is 273 g/mol. The second-order valence-electron chi connectivity index (χ2n) is 5.08. The second kappa shape index (κ2) is 4.78. The van der Waals surface area contributed by atoms with Crippen LogP contribution in [0.5, 0.6) is 5.75 Å². The molecule has 1 aliphatic rings. The van der Waals surface area contributed by atoms with Gasteiger partial charge in [-0.25, -0.2) is 4.39 Å². The molecule has 0 N–H and O–H groups in total. The molecule has 104 valence electrons. The average molecular weight is 273 g/mol. The lowest BCUT2D eigenvalue weighted by Gasteiger charge is -2.16. The van der Waals surface area contributed by atoms with Gasteiger partial charge in [0.15, 0.2) is 17.3 Å². The Balaban J connectivity index is 2.15. The quantitative estimate of drug-likeness (QED) is 0.839. The molecule has 0 atom stereocenters. The number of aromatic nitrogens is 1. The lowest BCUT2D eigenvalue weighted by Crippen LogP contribution is -2.12. The zero-order chi connectivity index (χ0) is 14.3. The molecule has 1 aromatic carbocycles. The van der Waals surface area contributed by atoms with Gasteiger partial charge in [0.1, 0.15) is 0 Å². The number of benzene rings is 1. The molecule has 0 saturated carbocycles. The Morgan fingerprint density at radius 1 is 1.25 bits per heavy atom. The van der Waals surface area contributed by atoms with Crippen LogP contribution in [0.25, 0.3) is 5.69 Å². The number of rotatable bonds is 2. The van der Waals surface area contributed by atoms with Gasteiger partial charge in [0.2, 0.25) is 0 Å². The van der Waals surface area contributed by atoms with E-state index in [1.807, 2.05) is 23.6 Å². The predicted molar refractivity (Wildman–Crippen MR) is 74.3 cm³/mol. The molecule has 20 heavy (non-hydrogen) atoms. The van der Waals surface area contributed by atoms with Gasteiger partial charge in [0.25, 0.3) is 0 Å². The molecule has 3 rings (SSSR count). The minimum absolute atomic E-state index is 0.182. The zero-order valence-corrected chi connectivity index (χ0v) is 11.6. The number of ether oxygens (including phenoxy) is 1. The smallest absolute Gasteiger partial charge is 0.167 e. The highest BCUT2D eigenvalue weighted by Crippen LogP contribution is 2.29.